The fourth-order valence-electron chi connectivity index (χ4n) is 1.77. The minimum Gasteiger partial charge on any atom is -0.507 e. The van der Waals surface area contributed by atoms with Gasteiger partial charge in [-0.3, -0.25) is 0 Å². The van der Waals surface area contributed by atoms with Gasteiger partial charge in [0.15, 0.2) is 0 Å². The van der Waals surface area contributed by atoms with Gasteiger partial charge in [-0.15, -0.1) is 0 Å². The Labute approximate surface area is 96.4 Å². The molecule has 1 aromatic carbocycles. The Morgan fingerprint density at radius 3 is 2.47 bits per heavy atom. The first-order valence-corrected chi connectivity index (χ1v) is 5.42. The summed E-state index contributed by atoms with van der Waals surface area (Å²) >= 11 is 5.80. The monoisotopic (exact) mass is 224 g/mol. The van der Waals surface area contributed by atoms with Crippen molar-refractivity contribution in [3.05, 3.63) is 39.4 Å². The van der Waals surface area contributed by atoms with Crippen LogP contribution in [0.4, 0.5) is 0 Å². The molecule has 0 aliphatic carbocycles. The molecule has 0 aliphatic heterocycles. The zero-order valence-corrected chi connectivity index (χ0v) is 10.4. The molecule has 0 heterocycles. The highest BCUT2D eigenvalue weighted by atomic mass is 35.5. The Hall–Kier alpha value is -0.950. The van der Waals surface area contributed by atoms with Gasteiger partial charge in [0.25, 0.3) is 0 Å². The molecule has 1 nitrogen and oxygen atoms in total. The summed E-state index contributed by atoms with van der Waals surface area (Å²) in [5, 5.41) is 10.6. The number of hydrogen-bond donors (Lipinski definition) is 1. The smallest absolute Gasteiger partial charge is 0.121 e. The second kappa shape index (κ2) is 4.71. The van der Waals surface area contributed by atoms with E-state index >= 15 is 0 Å². The Morgan fingerprint density at radius 2 is 1.93 bits per heavy atom. The van der Waals surface area contributed by atoms with Gasteiger partial charge in [0, 0.05) is 5.03 Å². The molecule has 0 aromatic heterocycles. The van der Waals surface area contributed by atoms with Crippen molar-refractivity contribution in [1.82, 2.24) is 0 Å². The fourth-order valence-corrected chi connectivity index (χ4v) is 1.85. The normalized spacial score (nSPS) is 11.9. The minimum atomic E-state index is 0.399. The molecule has 0 atom stereocenters. The molecule has 2 heteroatoms. The van der Waals surface area contributed by atoms with Crippen LogP contribution in [0, 0.1) is 20.8 Å². The van der Waals surface area contributed by atoms with E-state index in [9.17, 15) is 5.11 Å². The molecule has 1 aromatic rings. The van der Waals surface area contributed by atoms with Gasteiger partial charge in [0.2, 0.25) is 0 Å². The van der Waals surface area contributed by atoms with Crippen LogP contribution in [-0.4, -0.2) is 5.11 Å². The first-order valence-electron chi connectivity index (χ1n) is 5.04. The average Bonchev–Trinajstić information content (AvgIpc) is 2.14. The first-order chi connectivity index (χ1) is 6.93. The Kier molecular flexibility index (Phi) is 3.81. The van der Waals surface area contributed by atoms with Gasteiger partial charge in [-0.25, -0.2) is 0 Å². The second-order valence-electron chi connectivity index (χ2n) is 3.96. The third-order valence-corrected chi connectivity index (χ3v) is 2.83. The maximum Gasteiger partial charge on any atom is 0.121 e. The quantitative estimate of drug-likeness (QED) is 0.805. The van der Waals surface area contributed by atoms with E-state index in [4.69, 9.17) is 11.6 Å². The SMILES string of the molecule is C/C(Cl)=C/Cc1c(C)cc(C)c(O)c1C. The van der Waals surface area contributed by atoms with Gasteiger partial charge in [0.1, 0.15) is 5.75 Å². The third-order valence-electron chi connectivity index (χ3n) is 2.68. The van der Waals surface area contributed by atoms with Gasteiger partial charge < -0.3 is 5.11 Å². The van der Waals surface area contributed by atoms with E-state index in [1.54, 1.807) is 0 Å². The lowest BCUT2D eigenvalue weighted by Crippen LogP contribution is -1.95. The number of phenols is 1. The molecule has 1 N–H and O–H groups in total. The third kappa shape index (κ3) is 2.75. The Balaban J connectivity index is 3.18. The molecule has 0 fully saturated rings. The highest BCUT2D eigenvalue weighted by molar-refractivity contribution is 6.29. The number of allylic oxidation sites excluding steroid dienone is 2. The molecule has 0 unspecified atom stereocenters. The van der Waals surface area contributed by atoms with Crippen molar-refractivity contribution in [3.63, 3.8) is 0 Å². The van der Waals surface area contributed by atoms with Gasteiger partial charge in [-0.05, 0) is 56.4 Å². The summed E-state index contributed by atoms with van der Waals surface area (Å²) < 4.78 is 0. The van der Waals surface area contributed by atoms with Crippen LogP contribution in [0.2, 0.25) is 0 Å². The molecule has 0 bridgehead atoms. The summed E-state index contributed by atoms with van der Waals surface area (Å²) in [6, 6.07) is 2.01. The lowest BCUT2D eigenvalue weighted by molar-refractivity contribution is 0.466. The van der Waals surface area contributed by atoms with E-state index in [2.05, 4.69) is 6.92 Å². The van der Waals surface area contributed by atoms with E-state index in [1.807, 2.05) is 32.9 Å². The van der Waals surface area contributed by atoms with Crippen LogP contribution in [0.5, 0.6) is 5.75 Å². The van der Waals surface area contributed by atoms with E-state index in [0.29, 0.717) is 5.75 Å². The molecule has 82 valence electrons. The molecule has 0 radical (unpaired) electrons. The van der Waals surface area contributed by atoms with Gasteiger partial charge in [0.05, 0.1) is 0 Å². The van der Waals surface area contributed by atoms with Crippen molar-refractivity contribution in [2.75, 3.05) is 0 Å². The molecule has 0 amide bonds. The maximum absolute atomic E-state index is 9.82. The molecular formula is C13H17ClO. The van der Waals surface area contributed by atoms with Gasteiger partial charge in [-0.2, -0.15) is 0 Å². The summed E-state index contributed by atoms with van der Waals surface area (Å²) in [5.74, 6) is 0.399. The number of aromatic hydroxyl groups is 1. The van der Waals surface area contributed by atoms with Crippen molar-refractivity contribution in [2.24, 2.45) is 0 Å². The van der Waals surface area contributed by atoms with E-state index < -0.39 is 0 Å². The van der Waals surface area contributed by atoms with E-state index in [0.717, 1.165) is 28.1 Å². The largest absolute Gasteiger partial charge is 0.507 e. The fraction of sp³-hybridized carbons (Fsp3) is 0.385. The number of halogens is 1. The van der Waals surface area contributed by atoms with Crippen LogP contribution in [-0.2, 0) is 6.42 Å². The van der Waals surface area contributed by atoms with Crippen LogP contribution in [0.15, 0.2) is 17.2 Å². The Bertz CT molecular complexity index is 401. The topological polar surface area (TPSA) is 20.2 Å². The summed E-state index contributed by atoms with van der Waals surface area (Å²) in [5.41, 5.74) is 4.26. The zero-order valence-electron chi connectivity index (χ0n) is 9.69. The first kappa shape index (κ1) is 12.1. The van der Waals surface area contributed by atoms with Crippen LogP contribution < -0.4 is 0 Å². The van der Waals surface area contributed by atoms with Crippen LogP contribution in [0.3, 0.4) is 0 Å². The Morgan fingerprint density at radius 1 is 1.33 bits per heavy atom. The van der Waals surface area contributed by atoms with E-state index in [1.165, 1.54) is 5.56 Å². The van der Waals surface area contributed by atoms with Crippen LogP contribution in [0.1, 0.15) is 29.2 Å². The molecule has 0 spiro atoms. The number of hydrogen-bond acceptors (Lipinski definition) is 1. The van der Waals surface area contributed by atoms with Crippen molar-refractivity contribution in [1.29, 1.82) is 0 Å². The predicted molar refractivity (Wildman–Crippen MR) is 65.6 cm³/mol. The van der Waals surface area contributed by atoms with Crippen molar-refractivity contribution in [3.8, 4) is 5.75 Å². The molecule has 0 saturated heterocycles. The second-order valence-corrected chi connectivity index (χ2v) is 4.55. The number of benzene rings is 1. The van der Waals surface area contributed by atoms with Crippen LogP contribution in [0.25, 0.3) is 0 Å². The molecule has 0 saturated carbocycles. The minimum absolute atomic E-state index is 0.399. The van der Waals surface area contributed by atoms with Gasteiger partial charge >= 0.3 is 0 Å². The molecule has 0 aliphatic rings. The highest BCUT2D eigenvalue weighted by Gasteiger charge is 2.08. The maximum atomic E-state index is 9.82. The number of phenolic OH excluding ortho intramolecular Hbond substituents is 1. The number of rotatable bonds is 2. The van der Waals surface area contributed by atoms with Crippen molar-refractivity contribution >= 4 is 11.6 Å². The zero-order chi connectivity index (χ0) is 11.6. The lowest BCUT2D eigenvalue weighted by atomic mass is 9.96. The highest BCUT2D eigenvalue weighted by Crippen LogP contribution is 2.28. The van der Waals surface area contributed by atoms with Gasteiger partial charge in [-0.1, -0.05) is 23.7 Å². The average molecular weight is 225 g/mol. The molecule has 15 heavy (non-hydrogen) atoms. The molecule has 1 rings (SSSR count). The van der Waals surface area contributed by atoms with E-state index in [-0.39, 0.29) is 0 Å². The summed E-state index contributed by atoms with van der Waals surface area (Å²) in [4.78, 5) is 0. The predicted octanol–water partition coefficient (Wildman–Crippen LogP) is 4.00. The van der Waals surface area contributed by atoms with Crippen LogP contribution >= 0.6 is 11.6 Å². The summed E-state index contributed by atoms with van der Waals surface area (Å²) in [6.45, 7) is 7.79. The lowest BCUT2D eigenvalue weighted by Gasteiger charge is -2.12. The summed E-state index contributed by atoms with van der Waals surface area (Å²) in [7, 11) is 0. The van der Waals surface area contributed by atoms with Crippen molar-refractivity contribution in [2.45, 2.75) is 34.1 Å². The van der Waals surface area contributed by atoms with Crippen molar-refractivity contribution < 1.29 is 5.11 Å². The standard InChI is InChI=1S/C13H17ClO/c1-8-7-9(2)13(15)11(4)12(8)6-5-10(3)14/h5,7,15H,6H2,1-4H3/b10-5-. The summed E-state index contributed by atoms with van der Waals surface area (Å²) in [6.07, 6.45) is 2.74. The number of aryl methyl sites for hydroxylation is 2. The molecular weight excluding hydrogens is 208 g/mol.